The van der Waals surface area contributed by atoms with Gasteiger partial charge in [-0.05, 0) is 30.3 Å². The van der Waals surface area contributed by atoms with Crippen LogP contribution in [0.1, 0.15) is 0 Å². The van der Waals surface area contributed by atoms with E-state index in [1.54, 1.807) is 12.4 Å². The molecule has 2 N–H and O–H groups in total. The fourth-order valence-electron chi connectivity index (χ4n) is 2.58. The predicted octanol–water partition coefficient (Wildman–Crippen LogP) is 3.16. The monoisotopic (exact) mass is 260 g/mol. The van der Waals surface area contributed by atoms with Gasteiger partial charge >= 0.3 is 0 Å². The Bertz CT molecular complexity index is 910. The van der Waals surface area contributed by atoms with Gasteiger partial charge in [-0.15, -0.1) is 0 Å². The summed E-state index contributed by atoms with van der Waals surface area (Å²) in [6.07, 6.45) is 3.42. The van der Waals surface area contributed by atoms with E-state index in [2.05, 4.69) is 26.7 Å². The molecular formula is C16H12N4. The molecule has 2 aromatic carbocycles. The molecule has 0 fully saturated rings. The lowest BCUT2D eigenvalue weighted by Crippen LogP contribution is -1.95. The Morgan fingerprint density at radius 2 is 1.70 bits per heavy atom. The van der Waals surface area contributed by atoms with Crippen LogP contribution >= 0.6 is 0 Å². The minimum atomic E-state index is 0.732. The Balaban J connectivity index is 2.22. The Morgan fingerprint density at radius 1 is 0.900 bits per heavy atom. The number of nitrogens with two attached hydrogens (primary N) is 1. The maximum atomic E-state index is 5.91. The van der Waals surface area contributed by atoms with Crippen molar-refractivity contribution in [2.24, 2.45) is 0 Å². The highest BCUT2D eigenvalue weighted by Gasteiger charge is 2.13. The highest BCUT2D eigenvalue weighted by molar-refractivity contribution is 6.06. The van der Waals surface area contributed by atoms with Crippen molar-refractivity contribution in [1.82, 2.24) is 14.5 Å². The van der Waals surface area contributed by atoms with Gasteiger partial charge in [-0.25, -0.2) is 4.98 Å². The van der Waals surface area contributed by atoms with E-state index in [0.717, 1.165) is 33.4 Å². The third kappa shape index (κ3) is 1.48. The zero-order valence-electron chi connectivity index (χ0n) is 10.7. The van der Waals surface area contributed by atoms with Crippen molar-refractivity contribution in [1.29, 1.82) is 0 Å². The standard InChI is InChI=1S/C16H12N4/c17-11-6-7-14-13(10-11)15-16(19-9-8-18-15)20(14)12-4-2-1-3-5-12/h1-10H,17H2. The number of nitrogens with zero attached hydrogens (tertiary/aromatic N) is 3. The van der Waals surface area contributed by atoms with Crippen molar-refractivity contribution < 1.29 is 0 Å². The van der Waals surface area contributed by atoms with E-state index in [9.17, 15) is 0 Å². The first-order valence-electron chi connectivity index (χ1n) is 6.41. The molecule has 0 radical (unpaired) electrons. The van der Waals surface area contributed by atoms with E-state index >= 15 is 0 Å². The molecule has 4 nitrogen and oxygen atoms in total. The first kappa shape index (κ1) is 11.0. The van der Waals surface area contributed by atoms with Gasteiger partial charge in [-0.3, -0.25) is 9.55 Å². The Labute approximate surface area is 115 Å². The van der Waals surface area contributed by atoms with Crippen molar-refractivity contribution >= 4 is 27.8 Å². The van der Waals surface area contributed by atoms with Crippen LogP contribution in [0.15, 0.2) is 60.9 Å². The molecule has 0 aliphatic carbocycles. The van der Waals surface area contributed by atoms with Gasteiger partial charge in [0.2, 0.25) is 0 Å². The van der Waals surface area contributed by atoms with E-state index < -0.39 is 0 Å². The van der Waals surface area contributed by atoms with E-state index in [-0.39, 0.29) is 0 Å². The van der Waals surface area contributed by atoms with Gasteiger partial charge in [0.25, 0.3) is 0 Å². The number of nitrogen functional groups attached to an aromatic ring is 1. The van der Waals surface area contributed by atoms with E-state index in [0.29, 0.717) is 0 Å². The summed E-state index contributed by atoms with van der Waals surface area (Å²) in [6, 6.07) is 16.0. The second-order valence-corrected chi connectivity index (χ2v) is 4.68. The minimum Gasteiger partial charge on any atom is -0.399 e. The fraction of sp³-hybridized carbons (Fsp3) is 0. The van der Waals surface area contributed by atoms with Gasteiger partial charge in [-0.1, -0.05) is 18.2 Å². The Kier molecular flexibility index (Phi) is 2.23. The van der Waals surface area contributed by atoms with Gasteiger partial charge in [0.1, 0.15) is 5.52 Å². The summed E-state index contributed by atoms with van der Waals surface area (Å²) < 4.78 is 2.11. The van der Waals surface area contributed by atoms with Crippen molar-refractivity contribution in [3.63, 3.8) is 0 Å². The predicted molar refractivity (Wildman–Crippen MR) is 80.8 cm³/mol. The quantitative estimate of drug-likeness (QED) is 0.535. The average molecular weight is 260 g/mol. The summed E-state index contributed by atoms with van der Waals surface area (Å²) in [6.45, 7) is 0. The molecule has 4 heteroatoms. The van der Waals surface area contributed by atoms with Gasteiger partial charge in [0.15, 0.2) is 5.65 Å². The zero-order valence-corrected chi connectivity index (χ0v) is 10.7. The molecule has 0 aliphatic heterocycles. The van der Waals surface area contributed by atoms with Crippen LogP contribution in [0, 0.1) is 0 Å². The summed E-state index contributed by atoms with van der Waals surface area (Å²) in [5, 5.41) is 1.02. The highest BCUT2D eigenvalue weighted by atomic mass is 15.1. The molecule has 0 atom stereocenters. The summed E-state index contributed by atoms with van der Waals surface area (Å²) in [5.74, 6) is 0. The van der Waals surface area contributed by atoms with Crippen LogP contribution in [0.4, 0.5) is 5.69 Å². The minimum absolute atomic E-state index is 0.732. The number of rotatable bonds is 1. The second kappa shape index (κ2) is 4.06. The number of benzene rings is 2. The molecule has 96 valence electrons. The smallest absolute Gasteiger partial charge is 0.164 e. The molecule has 0 aliphatic rings. The normalized spacial score (nSPS) is 11.2. The first-order valence-corrected chi connectivity index (χ1v) is 6.41. The lowest BCUT2D eigenvalue weighted by molar-refractivity contribution is 1.12. The van der Waals surface area contributed by atoms with Gasteiger partial charge < -0.3 is 5.73 Å². The molecule has 20 heavy (non-hydrogen) atoms. The summed E-state index contributed by atoms with van der Waals surface area (Å²) in [4.78, 5) is 8.94. The number of hydrogen-bond acceptors (Lipinski definition) is 3. The van der Waals surface area contributed by atoms with E-state index in [1.165, 1.54) is 0 Å². The molecule has 2 aromatic heterocycles. The fourth-order valence-corrected chi connectivity index (χ4v) is 2.58. The van der Waals surface area contributed by atoms with Crippen molar-refractivity contribution in [2.45, 2.75) is 0 Å². The summed E-state index contributed by atoms with van der Waals surface area (Å²) in [5.41, 5.74) is 10.5. The van der Waals surface area contributed by atoms with E-state index in [4.69, 9.17) is 5.73 Å². The summed E-state index contributed by atoms with van der Waals surface area (Å²) >= 11 is 0. The molecule has 0 unspecified atom stereocenters. The van der Waals surface area contributed by atoms with Crippen LogP contribution in [-0.4, -0.2) is 14.5 Å². The van der Waals surface area contributed by atoms with Crippen molar-refractivity contribution in [3.8, 4) is 5.69 Å². The van der Waals surface area contributed by atoms with Gasteiger partial charge in [0.05, 0.1) is 5.52 Å². The van der Waals surface area contributed by atoms with Gasteiger partial charge in [0, 0.05) is 29.2 Å². The SMILES string of the molecule is Nc1ccc2c(c1)c1nccnc1n2-c1ccccc1. The van der Waals surface area contributed by atoms with Crippen LogP contribution in [0.2, 0.25) is 0 Å². The molecule has 0 saturated carbocycles. The lowest BCUT2D eigenvalue weighted by atomic mass is 10.2. The maximum Gasteiger partial charge on any atom is 0.164 e. The van der Waals surface area contributed by atoms with E-state index in [1.807, 2.05) is 36.4 Å². The molecule has 4 aromatic rings. The molecule has 4 rings (SSSR count). The van der Waals surface area contributed by atoms with Crippen LogP contribution in [0.25, 0.3) is 27.8 Å². The average Bonchev–Trinajstić information content (AvgIpc) is 2.82. The highest BCUT2D eigenvalue weighted by Crippen LogP contribution is 2.30. The first-order chi connectivity index (χ1) is 9.84. The van der Waals surface area contributed by atoms with Crippen LogP contribution < -0.4 is 5.73 Å². The number of anilines is 1. The number of aromatic nitrogens is 3. The number of hydrogen-bond donors (Lipinski definition) is 1. The van der Waals surface area contributed by atoms with Gasteiger partial charge in [-0.2, -0.15) is 0 Å². The molecular weight excluding hydrogens is 248 g/mol. The molecule has 0 bridgehead atoms. The second-order valence-electron chi connectivity index (χ2n) is 4.68. The topological polar surface area (TPSA) is 56.7 Å². The lowest BCUT2D eigenvalue weighted by Gasteiger charge is -2.06. The Morgan fingerprint density at radius 3 is 2.55 bits per heavy atom. The largest absolute Gasteiger partial charge is 0.399 e. The van der Waals surface area contributed by atoms with Crippen LogP contribution in [0.3, 0.4) is 0 Å². The third-order valence-electron chi connectivity index (χ3n) is 3.42. The third-order valence-corrected chi connectivity index (χ3v) is 3.42. The number of para-hydroxylation sites is 1. The number of fused-ring (bicyclic) bond motifs is 3. The molecule has 0 saturated heterocycles. The maximum absolute atomic E-state index is 5.91. The van der Waals surface area contributed by atoms with Crippen molar-refractivity contribution in [2.75, 3.05) is 5.73 Å². The van der Waals surface area contributed by atoms with Crippen molar-refractivity contribution in [3.05, 3.63) is 60.9 Å². The van der Waals surface area contributed by atoms with Crippen LogP contribution in [-0.2, 0) is 0 Å². The molecule has 0 spiro atoms. The molecule has 2 heterocycles. The van der Waals surface area contributed by atoms with Crippen LogP contribution in [0.5, 0.6) is 0 Å². The zero-order chi connectivity index (χ0) is 13.5. The summed E-state index contributed by atoms with van der Waals surface area (Å²) in [7, 11) is 0. The Hall–Kier alpha value is -2.88. The molecule has 0 amide bonds.